The molecule has 17 heavy (non-hydrogen) atoms. The average molecular weight is 250 g/mol. The van der Waals surface area contributed by atoms with Crippen LogP contribution in [0.2, 0.25) is 0 Å². The Hall–Kier alpha value is -0.725. The van der Waals surface area contributed by atoms with Gasteiger partial charge in [-0.25, -0.2) is 8.78 Å². The number of amides is 1. The number of hydrogen-bond acceptors (Lipinski definition) is 4. The summed E-state index contributed by atoms with van der Waals surface area (Å²) in [6.45, 7) is 2.80. The number of rotatable bonds is 4. The van der Waals surface area contributed by atoms with Crippen molar-refractivity contribution in [2.45, 2.75) is 38.2 Å². The van der Waals surface area contributed by atoms with Crippen molar-refractivity contribution >= 4 is 13.0 Å². The maximum Gasteiger partial charge on any atom is 0.475 e. The van der Waals surface area contributed by atoms with Gasteiger partial charge in [0.1, 0.15) is 0 Å². The van der Waals surface area contributed by atoms with Gasteiger partial charge in [0, 0.05) is 12.5 Å². The number of likely N-dealkylation sites (tertiary alicyclic amines) is 1. The van der Waals surface area contributed by atoms with Gasteiger partial charge in [0.15, 0.2) is 0 Å². The van der Waals surface area contributed by atoms with E-state index in [0.717, 1.165) is 4.90 Å². The largest absolute Gasteiger partial charge is 0.475 e. The van der Waals surface area contributed by atoms with Crippen molar-refractivity contribution in [1.29, 1.82) is 0 Å². The van der Waals surface area contributed by atoms with E-state index >= 15 is 0 Å². The number of nitrogens with zero attached hydrogens (tertiary/aromatic N) is 1. The summed E-state index contributed by atoms with van der Waals surface area (Å²) in [6.07, 6.45) is -0.710. The van der Waals surface area contributed by atoms with Gasteiger partial charge in [0.25, 0.3) is 5.92 Å². The zero-order valence-electron chi connectivity index (χ0n) is 9.86. The van der Waals surface area contributed by atoms with Crippen LogP contribution in [0.5, 0.6) is 0 Å². The molecule has 0 bridgehead atoms. The molecule has 3 N–H and O–H groups in total. The van der Waals surface area contributed by atoms with Crippen molar-refractivity contribution < 1.29 is 23.6 Å². The summed E-state index contributed by atoms with van der Waals surface area (Å²) in [6, 6.07) is 0.0552. The van der Waals surface area contributed by atoms with Gasteiger partial charge in [-0.2, -0.15) is 0 Å². The van der Waals surface area contributed by atoms with E-state index in [1.807, 2.05) is 13.8 Å². The molecule has 1 saturated heterocycles. The molecule has 1 amide bonds. The number of carbonyl (C=O) groups is 1. The van der Waals surface area contributed by atoms with Crippen LogP contribution in [0.25, 0.3) is 0 Å². The Morgan fingerprint density at radius 3 is 2.65 bits per heavy atom. The third-order valence-corrected chi connectivity index (χ3v) is 2.64. The first-order valence-corrected chi connectivity index (χ1v) is 5.50. The normalized spacial score (nSPS) is 23.2. The summed E-state index contributed by atoms with van der Waals surface area (Å²) in [5.41, 5.74) is 0. The summed E-state index contributed by atoms with van der Waals surface area (Å²) < 4.78 is 26.3. The summed E-state index contributed by atoms with van der Waals surface area (Å²) in [5, 5.41) is 20.8. The highest BCUT2D eigenvalue weighted by atomic mass is 19.3. The van der Waals surface area contributed by atoms with Gasteiger partial charge in [-0.15, -0.1) is 0 Å². The molecule has 0 aliphatic carbocycles. The molecule has 1 fully saturated rings. The monoisotopic (exact) mass is 250 g/mol. The highest BCUT2D eigenvalue weighted by molar-refractivity contribution is 6.43. The minimum atomic E-state index is -3.05. The van der Waals surface area contributed by atoms with Crippen LogP contribution in [0.1, 0.15) is 20.3 Å². The first kappa shape index (κ1) is 14.3. The Morgan fingerprint density at radius 1 is 1.59 bits per heavy atom. The molecule has 1 aliphatic heterocycles. The minimum absolute atomic E-state index is 0.0552. The fourth-order valence-corrected chi connectivity index (χ4v) is 1.78. The van der Waals surface area contributed by atoms with E-state index in [2.05, 4.69) is 5.32 Å². The predicted octanol–water partition coefficient (Wildman–Crippen LogP) is -0.767. The third kappa shape index (κ3) is 3.90. The lowest BCUT2D eigenvalue weighted by molar-refractivity contribution is -0.131. The van der Waals surface area contributed by atoms with Crippen molar-refractivity contribution in [3.8, 4) is 0 Å². The highest BCUT2D eigenvalue weighted by Crippen LogP contribution is 2.32. The second kappa shape index (κ2) is 5.28. The van der Waals surface area contributed by atoms with E-state index in [1.54, 1.807) is 0 Å². The summed E-state index contributed by atoms with van der Waals surface area (Å²) >= 11 is 0. The molecule has 0 saturated carbocycles. The molecule has 1 atom stereocenters. The standard InChI is InChI=1S/C9H17BF2N2O3/c1-6(2)13-4-8(15)14-5-9(11,12)3-7(14)10(16)17/h6-7,13,16-17H,3-5H2,1-2H3. The lowest BCUT2D eigenvalue weighted by Gasteiger charge is -2.23. The number of nitrogens with one attached hydrogen (secondary N) is 1. The lowest BCUT2D eigenvalue weighted by atomic mass is 9.77. The smallest absolute Gasteiger partial charge is 0.426 e. The van der Waals surface area contributed by atoms with Gasteiger partial charge in [-0.3, -0.25) is 4.79 Å². The van der Waals surface area contributed by atoms with Crippen molar-refractivity contribution in [3.63, 3.8) is 0 Å². The van der Waals surface area contributed by atoms with Crippen LogP contribution in [0.15, 0.2) is 0 Å². The van der Waals surface area contributed by atoms with Gasteiger partial charge in [-0.1, -0.05) is 13.8 Å². The lowest BCUT2D eigenvalue weighted by Crippen LogP contribution is -2.49. The molecule has 0 aromatic heterocycles. The molecule has 1 heterocycles. The quantitative estimate of drug-likeness (QED) is 0.573. The molecule has 8 heteroatoms. The molecular weight excluding hydrogens is 233 g/mol. The number of hydrogen-bond donors (Lipinski definition) is 3. The number of carbonyl (C=O) groups excluding carboxylic acids is 1. The molecule has 0 aromatic rings. The first-order valence-electron chi connectivity index (χ1n) is 5.50. The fraction of sp³-hybridized carbons (Fsp3) is 0.889. The molecule has 1 rings (SSSR count). The van der Waals surface area contributed by atoms with Crippen molar-refractivity contribution in [2.24, 2.45) is 0 Å². The van der Waals surface area contributed by atoms with Crippen LogP contribution in [0, 0.1) is 0 Å². The Bertz CT molecular complexity index is 289. The van der Waals surface area contributed by atoms with Crippen molar-refractivity contribution in [1.82, 2.24) is 10.2 Å². The highest BCUT2D eigenvalue weighted by Gasteiger charge is 2.50. The molecule has 1 aliphatic rings. The SMILES string of the molecule is CC(C)NCC(=O)N1CC(F)(F)CC1B(O)O. The molecule has 0 spiro atoms. The van der Waals surface area contributed by atoms with E-state index in [-0.39, 0.29) is 12.6 Å². The van der Waals surface area contributed by atoms with E-state index in [4.69, 9.17) is 10.0 Å². The second-order valence-electron chi connectivity index (χ2n) is 4.60. The van der Waals surface area contributed by atoms with Crippen molar-refractivity contribution in [2.75, 3.05) is 13.1 Å². The van der Waals surface area contributed by atoms with Crippen LogP contribution in [-0.2, 0) is 4.79 Å². The Labute approximate surface area is 98.9 Å². The Morgan fingerprint density at radius 2 is 2.18 bits per heavy atom. The van der Waals surface area contributed by atoms with E-state index in [1.165, 1.54) is 0 Å². The molecule has 0 aromatic carbocycles. The molecule has 98 valence electrons. The van der Waals surface area contributed by atoms with Gasteiger partial charge >= 0.3 is 7.12 Å². The Balaban J connectivity index is 2.64. The topological polar surface area (TPSA) is 72.8 Å². The van der Waals surface area contributed by atoms with Gasteiger partial charge in [0.05, 0.1) is 19.0 Å². The fourth-order valence-electron chi connectivity index (χ4n) is 1.78. The average Bonchev–Trinajstić information content (AvgIpc) is 2.51. The van der Waals surface area contributed by atoms with Crippen LogP contribution in [0.4, 0.5) is 8.78 Å². The van der Waals surface area contributed by atoms with Crippen LogP contribution in [0.3, 0.4) is 0 Å². The molecule has 0 radical (unpaired) electrons. The molecule has 1 unspecified atom stereocenters. The number of halogens is 2. The van der Waals surface area contributed by atoms with Crippen LogP contribution >= 0.6 is 0 Å². The third-order valence-electron chi connectivity index (χ3n) is 2.64. The van der Waals surface area contributed by atoms with E-state index in [9.17, 15) is 13.6 Å². The zero-order valence-corrected chi connectivity index (χ0v) is 9.86. The van der Waals surface area contributed by atoms with Gasteiger partial charge in [-0.05, 0) is 0 Å². The minimum Gasteiger partial charge on any atom is -0.426 e. The number of alkyl halides is 2. The van der Waals surface area contributed by atoms with Crippen LogP contribution in [-0.4, -0.2) is 59.0 Å². The Kier molecular flexibility index (Phi) is 4.45. The second-order valence-corrected chi connectivity index (χ2v) is 4.60. The maximum absolute atomic E-state index is 13.1. The first-order chi connectivity index (χ1) is 7.73. The van der Waals surface area contributed by atoms with Gasteiger partial charge < -0.3 is 20.3 Å². The molecule has 5 nitrogen and oxygen atoms in total. The molecular formula is C9H17BF2N2O3. The van der Waals surface area contributed by atoms with Crippen LogP contribution < -0.4 is 5.32 Å². The zero-order chi connectivity index (χ0) is 13.2. The van der Waals surface area contributed by atoms with E-state index in [0.29, 0.717) is 0 Å². The summed E-state index contributed by atoms with van der Waals surface area (Å²) in [5.74, 6) is -4.83. The summed E-state index contributed by atoms with van der Waals surface area (Å²) in [7, 11) is -1.94. The maximum atomic E-state index is 13.1. The summed E-state index contributed by atoms with van der Waals surface area (Å²) in [4.78, 5) is 12.5. The van der Waals surface area contributed by atoms with E-state index < -0.39 is 37.9 Å². The van der Waals surface area contributed by atoms with Gasteiger partial charge in [0.2, 0.25) is 5.91 Å². The van der Waals surface area contributed by atoms with Crippen molar-refractivity contribution in [3.05, 3.63) is 0 Å². The predicted molar refractivity (Wildman–Crippen MR) is 58.4 cm³/mol.